The van der Waals surface area contributed by atoms with Crippen molar-refractivity contribution in [1.82, 2.24) is 9.55 Å². The summed E-state index contributed by atoms with van der Waals surface area (Å²) < 4.78 is 3.27. The second-order valence-corrected chi connectivity index (χ2v) is 5.94. The normalized spacial score (nSPS) is 10.7. The van der Waals surface area contributed by atoms with Gasteiger partial charge in [0.2, 0.25) is 0 Å². The minimum atomic E-state index is 0.791. The molecule has 1 heterocycles. The van der Waals surface area contributed by atoms with Gasteiger partial charge in [-0.15, -0.1) is 0 Å². The molecule has 2 N–H and O–H groups in total. The lowest BCUT2D eigenvalue weighted by molar-refractivity contribution is 0.740. The Bertz CT molecular complexity index is 732. The number of nitrogens with zero attached hydrogens (tertiary/aromatic N) is 2. The van der Waals surface area contributed by atoms with Crippen LogP contribution in [0.4, 0.5) is 5.69 Å². The highest BCUT2D eigenvalue weighted by Crippen LogP contribution is 2.16. The number of hydrogen-bond donors (Lipinski definition) is 1. The van der Waals surface area contributed by atoms with Crippen LogP contribution < -0.4 is 5.73 Å². The van der Waals surface area contributed by atoms with Gasteiger partial charge in [0.1, 0.15) is 5.82 Å². The number of nitrogens with two attached hydrogens (primary N) is 1. The van der Waals surface area contributed by atoms with Crippen molar-refractivity contribution >= 4 is 21.6 Å². The Hall–Kier alpha value is -2.07. The van der Waals surface area contributed by atoms with Gasteiger partial charge in [-0.2, -0.15) is 0 Å². The summed E-state index contributed by atoms with van der Waals surface area (Å²) in [5, 5.41) is 0. The van der Waals surface area contributed by atoms with Crippen LogP contribution in [0.2, 0.25) is 0 Å². The van der Waals surface area contributed by atoms with Crippen molar-refractivity contribution < 1.29 is 0 Å². The van der Waals surface area contributed by atoms with Crippen LogP contribution in [-0.4, -0.2) is 9.55 Å². The highest BCUT2D eigenvalue weighted by molar-refractivity contribution is 9.10. The SMILES string of the molecule is Nc1ccc(Cn2ccnc2Cc2cccc(Br)c2)cc1. The Balaban J connectivity index is 1.79. The van der Waals surface area contributed by atoms with E-state index in [4.69, 9.17) is 5.73 Å². The summed E-state index contributed by atoms with van der Waals surface area (Å²) in [5.41, 5.74) is 8.98. The maximum Gasteiger partial charge on any atom is 0.113 e. The lowest BCUT2D eigenvalue weighted by Crippen LogP contribution is -2.05. The molecule has 0 spiro atoms. The van der Waals surface area contributed by atoms with Crippen LogP contribution >= 0.6 is 15.9 Å². The van der Waals surface area contributed by atoms with Crippen LogP contribution in [0, 0.1) is 0 Å². The number of anilines is 1. The molecule has 0 aliphatic heterocycles. The molecule has 0 atom stereocenters. The third kappa shape index (κ3) is 3.52. The van der Waals surface area contributed by atoms with Gasteiger partial charge in [-0.25, -0.2) is 4.98 Å². The molecule has 0 saturated carbocycles. The maximum absolute atomic E-state index is 5.72. The van der Waals surface area contributed by atoms with Gasteiger partial charge in [0.25, 0.3) is 0 Å². The van der Waals surface area contributed by atoms with Crippen LogP contribution in [0.5, 0.6) is 0 Å². The van der Waals surface area contributed by atoms with E-state index >= 15 is 0 Å². The molecular formula is C17H16BrN3. The van der Waals surface area contributed by atoms with Gasteiger partial charge in [0.05, 0.1) is 0 Å². The summed E-state index contributed by atoms with van der Waals surface area (Å²) >= 11 is 3.51. The second-order valence-electron chi connectivity index (χ2n) is 5.02. The second kappa shape index (κ2) is 6.14. The van der Waals surface area contributed by atoms with E-state index in [1.54, 1.807) is 0 Å². The van der Waals surface area contributed by atoms with Gasteiger partial charge in [-0.05, 0) is 35.4 Å². The fraction of sp³-hybridized carbons (Fsp3) is 0.118. The molecule has 3 nitrogen and oxygen atoms in total. The van der Waals surface area contributed by atoms with E-state index in [2.05, 4.69) is 49.7 Å². The predicted octanol–water partition coefficient (Wildman–Crippen LogP) is 3.87. The smallest absolute Gasteiger partial charge is 0.113 e. The number of aromatic nitrogens is 2. The van der Waals surface area contributed by atoms with Crippen LogP contribution in [0.3, 0.4) is 0 Å². The summed E-state index contributed by atoms with van der Waals surface area (Å²) in [6.07, 6.45) is 4.69. The number of imidazole rings is 1. The zero-order chi connectivity index (χ0) is 14.7. The standard InChI is InChI=1S/C17H16BrN3/c18-15-3-1-2-14(10-15)11-17-20-8-9-21(17)12-13-4-6-16(19)7-5-13/h1-10H,11-12,19H2. The molecule has 0 saturated heterocycles. The lowest BCUT2D eigenvalue weighted by Gasteiger charge is -2.09. The molecule has 3 aromatic rings. The van der Waals surface area contributed by atoms with Crippen LogP contribution in [0.1, 0.15) is 17.0 Å². The molecule has 0 aliphatic rings. The van der Waals surface area contributed by atoms with Crippen molar-refractivity contribution in [2.75, 3.05) is 5.73 Å². The minimum Gasteiger partial charge on any atom is -0.399 e. The summed E-state index contributed by atoms with van der Waals surface area (Å²) in [4.78, 5) is 4.48. The van der Waals surface area contributed by atoms with Crippen molar-refractivity contribution in [1.29, 1.82) is 0 Å². The molecule has 4 heteroatoms. The highest BCUT2D eigenvalue weighted by atomic mass is 79.9. The van der Waals surface area contributed by atoms with Crippen molar-refractivity contribution in [2.45, 2.75) is 13.0 Å². The van der Waals surface area contributed by atoms with Gasteiger partial charge in [0, 0.05) is 35.5 Å². The molecule has 0 bridgehead atoms. The number of hydrogen-bond acceptors (Lipinski definition) is 2. The molecule has 0 amide bonds. The van der Waals surface area contributed by atoms with Crippen molar-refractivity contribution in [2.24, 2.45) is 0 Å². The van der Waals surface area contributed by atoms with Crippen LogP contribution in [0.15, 0.2) is 65.4 Å². The first-order valence-electron chi connectivity index (χ1n) is 6.79. The zero-order valence-electron chi connectivity index (χ0n) is 11.5. The first-order valence-corrected chi connectivity index (χ1v) is 7.59. The fourth-order valence-electron chi connectivity index (χ4n) is 2.30. The molecular weight excluding hydrogens is 326 g/mol. The largest absolute Gasteiger partial charge is 0.399 e. The van der Waals surface area contributed by atoms with Crippen molar-refractivity contribution in [3.8, 4) is 0 Å². The van der Waals surface area contributed by atoms with Gasteiger partial charge in [0.15, 0.2) is 0 Å². The third-order valence-electron chi connectivity index (χ3n) is 3.39. The number of rotatable bonds is 4. The molecule has 0 aliphatic carbocycles. The Morgan fingerprint density at radius 3 is 2.62 bits per heavy atom. The number of halogens is 1. The molecule has 0 fully saturated rings. The third-order valence-corrected chi connectivity index (χ3v) is 3.88. The summed E-state index contributed by atoms with van der Waals surface area (Å²) in [6, 6.07) is 16.3. The lowest BCUT2D eigenvalue weighted by atomic mass is 10.1. The van der Waals surface area contributed by atoms with E-state index < -0.39 is 0 Å². The number of benzene rings is 2. The summed E-state index contributed by atoms with van der Waals surface area (Å²) in [5.74, 6) is 1.06. The molecule has 0 radical (unpaired) electrons. The van der Waals surface area contributed by atoms with Gasteiger partial charge < -0.3 is 10.3 Å². The Morgan fingerprint density at radius 1 is 1.05 bits per heavy atom. The molecule has 1 aromatic heterocycles. The van der Waals surface area contributed by atoms with E-state index in [-0.39, 0.29) is 0 Å². The van der Waals surface area contributed by atoms with Crippen molar-refractivity contribution in [3.63, 3.8) is 0 Å². The highest BCUT2D eigenvalue weighted by Gasteiger charge is 2.05. The monoisotopic (exact) mass is 341 g/mol. The fourth-order valence-corrected chi connectivity index (χ4v) is 2.75. The van der Waals surface area contributed by atoms with Crippen molar-refractivity contribution in [3.05, 3.63) is 82.3 Å². The van der Waals surface area contributed by atoms with Crippen LogP contribution in [0.25, 0.3) is 0 Å². The average Bonchev–Trinajstić information content (AvgIpc) is 2.89. The van der Waals surface area contributed by atoms with Crippen LogP contribution in [-0.2, 0) is 13.0 Å². The predicted molar refractivity (Wildman–Crippen MR) is 89.1 cm³/mol. The first-order chi connectivity index (χ1) is 10.2. The maximum atomic E-state index is 5.72. The molecule has 106 valence electrons. The van der Waals surface area contributed by atoms with E-state index in [0.29, 0.717) is 0 Å². The first kappa shape index (κ1) is 13.9. The van der Waals surface area contributed by atoms with E-state index in [1.165, 1.54) is 11.1 Å². The summed E-state index contributed by atoms with van der Waals surface area (Å²) in [7, 11) is 0. The topological polar surface area (TPSA) is 43.8 Å². The quantitative estimate of drug-likeness (QED) is 0.732. The zero-order valence-corrected chi connectivity index (χ0v) is 13.1. The van der Waals surface area contributed by atoms with E-state index in [1.807, 2.05) is 36.7 Å². The van der Waals surface area contributed by atoms with Gasteiger partial charge in [-0.3, -0.25) is 0 Å². The Kier molecular flexibility index (Phi) is 4.06. The molecule has 0 unspecified atom stereocenters. The van der Waals surface area contributed by atoms with Gasteiger partial charge >= 0.3 is 0 Å². The molecule has 3 rings (SSSR count). The minimum absolute atomic E-state index is 0.791. The average molecular weight is 342 g/mol. The summed E-state index contributed by atoms with van der Waals surface area (Å²) in [6.45, 7) is 0.809. The Morgan fingerprint density at radius 2 is 1.86 bits per heavy atom. The van der Waals surface area contributed by atoms with E-state index in [0.717, 1.165) is 29.0 Å². The van der Waals surface area contributed by atoms with E-state index in [9.17, 15) is 0 Å². The molecule has 21 heavy (non-hydrogen) atoms. The molecule has 2 aromatic carbocycles. The number of nitrogen functional groups attached to an aromatic ring is 1. The Labute approximate surface area is 132 Å². The van der Waals surface area contributed by atoms with Gasteiger partial charge in [-0.1, -0.05) is 40.2 Å².